The number of aromatic nitrogens is 4. The molecule has 0 saturated carbocycles. The van der Waals surface area contributed by atoms with Crippen LogP contribution in [0.2, 0.25) is 0 Å². The molecule has 0 fully saturated rings. The van der Waals surface area contributed by atoms with E-state index in [1.54, 1.807) is 0 Å². The van der Waals surface area contributed by atoms with Crippen LogP contribution < -0.4 is 0 Å². The Morgan fingerprint density at radius 2 is 0.949 bits per heavy atom. The fourth-order valence-electron chi connectivity index (χ4n) is 7.91. The number of hydrogen-bond donors (Lipinski definition) is 0. The Morgan fingerprint density at radius 1 is 0.424 bits per heavy atom. The van der Waals surface area contributed by atoms with Crippen molar-refractivity contribution in [2.75, 3.05) is 0 Å². The highest BCUT2D eigenvalue weighted by molar-refractivity contribution is 6.12. The number of rotatable bonds is 7. The van der Waals surface area contributed by atoms with Crippen LogP contribution in [0.4, 0.5) is 5.69 Å². The summed E-state index contributed by atoms with van der Waals surface area (Å²) in [6, 6.07) is 67.5. The van der Waals surface area contributed by atoms with E-state index in [0.717, 1.165) is 77.6 Å². The number of hydrogen-bond acceptors (Lipinski definition) is 4. The van der Waals surface area contributed by atoms with Crippen molar-refractivity contribution in [1.82, 2.24) is 19.5 Å². The second-order valence-corrected chi connectivity index (χ2v) is 14.3. The molecule has 0 atom stereocenters. The predicted molar refractivity (Wildman–Crippen MR) is 238 cm³/mol. The van der Waals surface area contributed by atoms with Crippen molar-refractivity contribution in [3.63, 3.8) is 0 Å². The minimum Gasteiger partial charge on any atom is -0.308 e. The molecule has 0 bridgehead atoms. The molecule has 0 amide bonds. The summed E-state index contributed by atoms with van der Waals surface area (Å²) in [5.41, 5.74) is 12.3. The molecule has 274 valence electrons. The highest BCUT2D eigenvalue weighted by Crippen LogP contribution is 2.45. The van der Waals surface area contributed by atoms with E-state index in [9.17, 15) is 5.26 Å². The highest BCUT2D eigenvalue weighted by atomic mass is 15.0. The lowest BCUT2D eigenvalue weighted by atomic mass is 9.91. The summed E-state index contributed by atoms with van der Waals surface area (Å²) in [5.74, 6) is 1.61. The predicted octanol–water partition coefficient (Wildman–Crippen LogP) is 13.4. The van der Waals surface area contributed by atoms with Gasteiger partial charge in [-0.3, -0.25) is 0 Å². The maximum atomic E-state index is 10.2. The third-order valence-corrected chi connectivity index (χ3v) is 10.7. The summed E-state index contributed by atoms with van der Waals surface area (Å²) in [7, 11) is 0. The zero-order chi connectivity index (χ0) is 39.7. The SMILES string of the molecule is [C-]#[N+]c1cccc(-c2cc(-c3nc(-c4ccccc4)nc(-c4ccccc4)n3)cc(-c3cccc(C#N)c3)c2-n2c3ccccc3c3cc(-c4ccccc4)ccc32)c1. The fraction of sp³-hybridized carbons (Fsp3) is 0. The average molecular weight is 753 g/mol. The van der Waals surface area contributed by atoms with Gasteiger partial charge in [0.1, 0.15) is 0 Å². The number of nitriles is 1. The third-order valence-electron chi connectivity index (χ3n) is 10.7. The molecule has 2 heterocycles. The van der Waals surface area contributed by atoms with Gasteiger partial charge in [0.25, 0.3) is 0 Å². The van der Waals surface area contributed by atoms with Crippen LogP contribution in [-0.4, -0.2) is 19.5 Å². The third kappa shape index (κ3) is 6.47. The van der Waals surface area contributed by atoms with Gasteiger partial charge in [-0.15, -0.1) is 0 Å². The molecular formula is C53H32N6. The standard InChI is InChI=1S/C53H32N6/c1-55-43-24-14-23-41(30-43)46-33-42(53-57-51(37-18-7-3-8-19-37)56-52(58-53)38-20-9-4-10-21-38)32-45(40-22-13-15-35(29-40)34-54)50(46)59-48-26-12-11-25-44(48)47-31-39(27-28-49(47)59)36-16-5-2-6-17-36/h2-33H. The van der Waals surface area contributed by atoms with E-state index >= 15 is 0 Å². The summed E-state index contributed by atoms with van der Waals surface area (Å²) in [6.45, 7) is 7.97. The van der Waals surface area contributed by atoms with E-state index in [1.165, 1.54) is 0 Å². The lowest BCUT2D eigenvalue weighted by Crippen LogP contribution is -2.04. The Balaban J connectivity index is 1.33. The van der Waals surface area contributed by atoms with Crippen molar-refractivity contribution in [3.05, 3.63) is 211 Å². The molecule has 2 aromatic heterocycles. The van der Waals surface area contributed by atoms with Crippen LogP contribution in [0.3, 0.4) is 0 Å². The topological polar surface area (TPSA) is 71.8 Å². The van der Waals surface area contributed by atoms with E-state index in [-0.39, 0.29) is 0 Å². The fourth-order valence-corrected chi connectivity index (χ4v) is 7.91. The Morgan fingerprint density at radius 3 is 1.58 bits per heavy atom. The van der Waals surface area contributed by atoms with Gasteiger partial charge in [-0.25, -0.2) is 19.8 Å². The molecule has 6 nitrogen and oxygen atoms in total. The van der Waals surface area contributed by atoms with Crippen LogP contribution in [0.5, 0.6) is 0 Å². The minimum atomic E-state index is 0.499. The molecule has 0 N–H and O–H groups in total. The van der Waals surface area contributed by atoms with Gasteiger partial charge in [-0.05, 0) is 70.8 Å². The molecule has 10 rings (SSSR count). The van der Waals surface area contributed by atoms with Crippen molar-refractivity contribution >= 4 is 27.5 Å². The molecule has 0 spiro atoms. The summed E-state index contributed by atoms with van der Waals surface area (Å²) in [4.78, 5) is 19.1. The molecule has 0 aliphatic carbocycles. The first-order chi connectivity index (χ1) is 29.1. The van der Waals surface area contributed by atoms with Gasteiger partial charge < -0.3 is 4.57 Å². The molecule has 8 aromatic carbocycles. The second kappa shape index (κ2) is 14.9. The van der Waals surface area contributed by atoms with E-state index in [0.29, 0.717) is 28.7 Å². The molecule has 0 radical (unpaired) electrons. The van der Waals surface area contributed by atoms with Crippen LogP contribution in [0.25, 0.3) is 99.9 Å². The molecule has 0 unspecified atom stereocenters. The largest absolute Gasteiger partial charge is 0.308 e. The monoisotopic (exact) mass is 752 g/mol. The van der Waals surface area contributed by atoms with Gasteiger partial charge >= 0.3 is 0 Å². The minimum absolute atomic E-state index is 0.499. The first kappa shape index (κ1) is 35.0. The van der Waals surface area contributed by atoms with E-state index < -0.39 is 0 Å². The zero-order valence-corrected chi connectivity index (χ0v) is 31.7. The first-order valence-electron chi connectivity index (χ1n) is 19.3. The Bertz CT molecular complexity index is 3150. The lowest BCUT2D eigenvalue weighted by molar-refractivity contribution is 1.07. The molecule has 0 saturated heterocycles. The van der Waals surface area contributed by atoms with E-state index in [4.69, 9.17) is 21.5 Å². The van der Waals surface area contributed by atoms with E-state index in [1.807, 2.05) is 115 Å². The summed E-state index contributed by atoms with van der Waals surface area (Å²) >= 11 is 0. The Kier molecular flexibility index (Phi) is 8.84. The highest BCUT2D eigenvalue weighted by Gasteiger charge is 2.24. The summed E-state index contributed by atoms with van der Waals surface area (Å²) < 4.78 is 2.33. The van der Waals surface area contributed by atoms with E-state index in [2.05, 4.69) is 94.3 Å². The zero-order valence-electron chi connectivity index (χ0n) is 31.7. The smallest absolute Gasteiger partial charge is 0.187 e. The second-order valence-electron chi connectivity index (χ2n) is 14.3. The van der Waals surface area contributed by atoms with Crippen LogP contribution in [0.15, 0.2) is 194 Å². The molecule has 10 aromatic rings. The Labute approximate surface area is 341 Å². The lowest BCUT2D eigenvalue weighted by Gasteiger charge is -2.21. The number of fused-ring (bicyclic) bond motifs is 3. The number of para-hydroxylation sites is 1. The van der Waals surface area contributed by atoms with Crippen molar-refractivity contribution < 1.29 is 0 Å². The van der Waals surface area contributed by atoms with Gasteiger partial charge in [0.15, 0.2) is 23.2 Å². The van der Waals surface area contributed by atoms with Crippen LogP contribution in [0.1, 0.15) is 5.56 Å². The van der Waals surface area contributed by atoms with Gasteiger partial charge in [0.2, 0.25) is 0 Å². The van der Waals surface area contributed by atoms with Crippen molar-refractivity contribution in [3.8, 4) is 79.3 Å². The Hall–Kier alpha value is -8.45. The van der Waals surface area contributed by atoms with Crippen LogP contribution >= 0.6 is 0 Å². The molecule has 0 aliphatic rings. The van der Waals surface area contributed by atoms with Gasteiger partial charge in [-0.1, -0.05) is 146 Å². The summed E-state index contributed by atoms with van der Waals surface area (Å²) in [5, 5.41) is 12.4. The normalized spacial score (nSPS) is 11.0. The van der Waals surface area contributed by atoms with Gasteiger partial charge in [0.05, 0.1) is 34.9 Å². The van der Waals surface area contributed by atoms with Gasteiger partial charge in [0, 0.05) is 38.6 Å². The first-order valence-corrected chi connectivity index (χ1v) is 19.3. The van der Waals surface area contributed by atoms with Crippen molar-refractivity contribution in [1.29, 1.82) is 5.26 Å². The summed E-state index contributed by atoms with van der Waals surface area (Å²) in [6.07, 6.45) is 0. The van der Waals surface area contributed by atoms with Gasteiger partial charge in [-0.2, -0.15) is 5.26 Å². The van der Waals surface area contributed by atoms with Crippen LogP contribution in [0, 0.1) is 17.9 Å². The maximum Gasteiger partial charge on any atom is 0.187 e. The molecule has 6 heteroatoms. The molecule has 59 heavy (non-hydrogen) atoms. The average Bonchev–Trinajstić information content (AvgIpc) is 3.65. The molecule has 0 aliphatic heterocycles. The van der Waals surface area contributed by atoms with Crippen molar-refractivity contribution in [2.24, 2.45) is 0 Å². The number of benzene rings is 8. The quantitative estimate of drug-likeness (QED) is 0.152. The molecular weight excluding hydrogens is 721 g/mol. The number of nitrogens with zero attached hydrogens (tertiary/aromatic N) is 6. The van der Waals surface area contributed by atoms with Crippen LogP contribution in [-0.2, 0) is 0 Å². The maximum absolute atomic E-state index is 10.2. The van der Waals surface area contributed by atoms with Crippen molar-refractivity contribution in [2.45, 2.75) is 0 Å².